The second-order valence-corrected chi connectivity index (χ2v) is 7.35. The Bertz CT molecular complexity index is 1290. The quantitative estimate of drug-likeness (QED) is 0.421. The smallest absolute Gasteiger partial charge is 0.200 e. The molecule has 0 amide bonds. The molecule has 0 unspecified atom stereocenters. The van der Waals surface area contributed by atoms with E-state index in [0.29, 0.717) is 27.4 Å². The first kappa shape index (κ1) is 16.3. The number of nitrogens with zero attached hydrogens (tertiary/aromatic N) is 6. The third-order valence-electron chi connectivity index (χ3n) is 4.30. The van der Waals surface area contributed by atoms with Crippen LogP contribution < -0.4 is 0 Å². The van der Waals surface area contributed by atoms with Crippen molar-refractivity contribution in [3.8, 4) is 11.6 Å². The molecule has 0 aliphatic carbocycles. The number of rotatable bonds is 3. The molecule has 0 saturated heterocycles. The molecule has 1 aromatic carbocycles. The van der Waals surface area contributed by atoms with Crippen LogP contribution in [0.2, 0.25) is 5.02 Å². The van der Waals surface area contributed by atoms with Gasteiger partial charge < -0.3 is 8.98 Å². The van der Waals surface area contributed by atoms with Crippen molar-refractivity contribution in [3.05, 3.63) is 53.4 Å². The molecule has 4 aromatic heterocycles. The number of benzene rings is 1. The number of para-hydroxylation sites is 1. The second kappa shape index (κ2) is 6.11. The van der Waals surface area contributed by atoms with E-state index in [1.54, 1.807) is 10.8 Å². The van der Waals surface area contributed by atoms with Crippen molar-refractivity contribution in [1.82, 2.24) is 29.4 Å². The number of hydrogen-bond donors (Lipinski definition) is 0. The Balaban J connectivity index is 1.68. The van der Waals surface area contributed by atoms with E-state index in [1.807, 2.05) is 54.9 Å². The number of furan rings is 1. The molecule has 0 fully saturated rings. The molecule has 0 saturated carbocycles. The maximum atomic E-state index is 6.42. The van der Waals surface area contributed by atoms with Crippen LogP contribution in [0.4, 0.5) is 0 Å². The second-order valence-electron chi connectivity index (χ2n) is 6.01. The highest BCUT2D eigenvalue weighted by molar-refractivity contribution is 7.99. The first-order valence-corrected chi connectivity index (χ1v) is 9.37. The summed E-state index contributed by atoms with van der Waals surface area (Å²) < 4.78 is 9.10. The highest BCUT2D eigenvalue weighted by Gasteiger charge is 2.19. The Morgan fingerprint density at radius 3 is 2.78 bits per heavy atom. The standard InChI is InChI=1S/C18H13ClN6OS/c1-10-14(19)16-20-17(11-6-3-4-7-12(11)25(16)23-10)27-18-22-21-15(24(18)2)13-8-5-9-26-13/h3-9H,1-2H3. The molecule has 0 N–H and O–H groups in total. The fourth-order valence-corrected chi connectivity index (χ4v) is 4.00. The minimum atomic E-state index is 0.553. The van der Waals surface area contributed by atoms with Crippen LogP contribution in [0.25, 0.3) is 28.1 Å². The molecule has 0 radical (unpaired) electrons. The van der Waals surface area contributed by atoms with Gasteiger partial charge in [-0.05, 0) is 36.9 Å². The van der Waals surface area contributed by atoms with Crippen LogP contribution in [0.3, 0.4) is 0 Å². The first-order valence-electron chi connectivity index (χ1n) is 8.18. The van der Waals surface area contributed by atoms with Crippen LogP contribution in [-0.2, 0) is 7.05 Å². The lowest BCUT2D eigenvalue weighted by atomic mass is 10.2. The fourth-order valence-electron chi connectivity index (χ4n) is 2.94. The molecule has 0 bridgehead atoms. The van der Waals surface area contributed by atoms with Gasteiger partial charge in [0.2, 0.25) is 0 Å². The van der Waals surface area contributed by atoms with Gasteiger partial charge in [0.05, 0.1) is 17.5 Å². The molecule has 4 heterocycles. The summed E-state index contributed by atoms with van der Waals surface area (Å²) in [6.45, 7) is 1.87. The Morgan fingerprint density at radius 2 is 1.96 bits per heavy atom. The number of halogens is 1. The molecule has 0 aliphatic heterocycles. The van der Waals surface area contributed by atoms with E-state index < -0.39 is 0 Å². The van der Waals surface area contributed by atoms with Crippen LogP contribution in [0.15, 0.2) is 57.3 Å². The molecule has 27 heavy (non-hydrogen) atoms. The Morgan fingerprint density at radius 1 is 1.11 bits per heavy atom. The lowest BCUT2D eigenvalue weighted by Crippen LogP contribution is -1.98. The van der Waals surface area contributed by atoms with Gasteiger partial charge in [-0.3, -0.25) is 0 Å². The average molecular weight is 397 g/mol. The molecular weight excluding hydrogens is 384 g/mol. The minimum Gasteiger partial charge on any atom is -0.461 e. The summed E-state index contributed by atoms with van der Waals surface area (Å²) in [4.78, 5) is 4.76. The molecular formula is C18H13ClN6OS. The van der Waals surface area contributed by atoms with E-state index in [2.05, 4.69) is 15.3 Å². The number of aromatic nitrogens is 6. The molecule has 5 rings (SSSR count). The predicted octanol–water partition coefficient (Wildman–Crippen LogP) is 4.38. The van der Waals surface area contributed by atoms with Gasteiger partial charge in [0, 0.05) is 12.4 Å². The summed E-state index contributed by atoms with van der Waals surface area (Å²) in [6.07, 6.45) is 1.61. The molecule has 5 aromatic rings. The highest BCUT2D eigenvalue weighted by atomic mass is 35.5. The SMILES string of the molecule is Cc1nn2c(nc(Sc3nnc(-c4ccco4)n3C)c3ccccc32)c1Cl. The van der Waals surface area contributed by atoms with Gasteiger partial charge in [0.1, 0.15) is 10.0 Å². The lowest BCUT2D eigenvalue weighted by Gasteiger charge is -2.07. The van der Waals surface area contributed by atoms with Crippen LogP contribution in [0.5, 0.6) is 0 Å². The van der Waals surface area contributed by atoms with E-state index in [4.69, 9.17) is 21.0 Å². The van der Waals surface area contributed by atoms with E-state index in [9.17, 15) is 0 Å². The molecule has 7 nitrogen and oxygen atoms in total. The topological polar surface area (TPSA) is 74.0 Å². The summed E-state index contributed by atoms with van der Waals surface area (Å²) in [7, 11) is 1.90. The number of hydrogen-bond acceptors (Lipinski definition) is 6. The van der Waals surface area contributed by atoms with E-state index in [0.717, 1.165) is 21.6 Å². The summed E-state index contributed by atoms with van der Waals surface area (Å²) in [5.41, 5.74) is 2.31. The maximum Gasteiger partial charge on any atom is 0.200 e. The molecule has 0 atom stereocenters. The molecule has 0 aliphatic rings. The van der Waals surface area contributed by atoms with Crippen molar-refractivity contribution in [1.29, 1.82) is 0 Å². The van der Waals surface area contributed by atoms with E-state index in [1.165, 1.54) is 11.8 Å². The van der Waals surface area contributed by atoms with Crippen molar-refractivity contribution in [2.45, 2.75) is 17.1 Å². The van der Waals surface area contributed by atoms with Crippen LogP contribution in [0.1, 0.15) is 5.69 Å². The van der Waals surface area contributed by atoms with Gasteiger partial charge in [-0.25, -0.2) is 9.50 Å². The zero-order valence-electron chi connectivity index (χ0n) is 14.4. The number of aryl methyl sites for hydroxylation is 1. The summed E-state index contributed by atoms with van der Waals surface area (Å²) >= 11 is 7.85. The third kappa shape index (κ3) is 2.52. The monoisotopic (exact) mass is 396 g/mol. The Labute approximate surface area is 163 Å². The van der Waals surface area contributed by atoms with E-state index >= 15 is 0 Å². The van der Waals surface area contributed by atoms with Crippen molar-refractivity contribution in [2.24, 2.45) is 7.05 Å². The average Bonchev–Trinajstić information content (AvgIpc) is 3.39. The zero-order chi connectivity index (χ0) is 18.5. The van der Waals surface area contributed by atoms with Crippen molar-refractivity contribution >= 4 is 39.9 Å². The molecule has 0 spiro atoms. The van der Waals surface area contributed by atoms with Gasteiger partial charge in [0.25, 0.3) is 0 Å². The van der Waals surface area contributed by atoms with Crippen molar-refractivity contribution in [2.75, 3.05) is 0 Å². The maximum absolute atomic E-state index is 6.42. The summed E-state index contributed by atoms with van der Waals surface area (Å²) in [5.74, 6) is 1.32. The lowest BCUT2D eigenvalue weighted by molar-refractivity contribution is 0.572. The van der Waals surface area contributed by atoms with Gasteiger partial charge in [-0.15, -0.1) is 10.2 Å². The van der Waals surface area contributed by atoms with Crippen molar-refractivity contribution < 1.29 is 4.42 Å². The third-order valence-corrected chi connectivity index (χ3v) is 5.78. The highest BCUT2D eigenvalue weighted by Crippen LogP contribution is 2.34. The zero-order valence-corrected chi connectivity index (χ0v) is 16.0. The summed E-state index contributed by atoms with van der Waals surface area (Å²) in [6, 6.07) is 11.6. The Kier molecular flexibility index (Phi) is 3.70. The van der Waals surface area contributed by atoms with Crippen LogP contribution in [-0.4, -0.2) is 29.4 Å². The molecule has 134 valence electrons. The minimum absolute atomic E-state index is 0.553. The first-order chi connectivity index (χ1) is 13.1. The normalized spacial score (nSPS) is 11.7. The molecule has 9 heteroatoms. The van der Waals surface area contributed by atoms with Gasteiger partial charge >= 0.3 is 0 Å². The van der Waals surface area contributed by atoms with Gasteiger partial charge in [0.15, 0.2) is 22.4 Å². The number of fused-ring (bicyclic) bond motifs is 3. The van der Waals surface area contributed by atoms with Gasteiger partial charge in [-0.1, -0.05) is 29.8 Å². The largest absolute Gasteiger partial charge is 0.461 e. The fraction of sp³-hybridized carbons (Fsp3) is 0.111. The van der Waals surface area contributed by atoms with E-state index in [-0.39, 0.29) is 0 Å². The predicted molar refractivity (Wildman–Crippen MR) is 103 cm³/mol. The van der Waals surface area contributed by atoms with Gasteiger partial charge in [-0.2, -0.15) is 5.10 Å². The van der Waals surface area contributed by atoms with Crippen LogP contribution in [0, 0.1) is 6.92 Å². The summed E-state index contributed by atoms with van der Waals surface area (Å²) in [5, 5.41) is 16.1. The van der Waals surface area contributed by atoms with Crippen molar-refractivity contribution in [3.63, 3.8) is 0 Å². The van der Waals surface area contributed by atoms with Crippen LogP contribution >= 0.6 is 23.4 Å². The Hall–Kier alpha value is -2.84.